The highest BCUT2D eigenvalue weighted by molar-refractivity contribution is 5.83. The highest BCUT2D eigenvalue weighted by Crippen LogP contribution is 2.15. The Morgan fingerprint density at radius 3 is 2.61 bits per heavy atom. The van der Waals surface area contributed by atoms with Crippen molar-refractivity contribution in [1.82, 2.24) is 5.32 Å². The fourth-order valence-electron chi connectivity index (χ4n) is 2.44. The van der Waals surface area contributed by atoms with Gasteiger partial charge in [-0.25, -0.2) is 0 Å². The Balaban J connectivity index is 1.91. The quantitative estimate of drug-likeness (QED) is 0.256. The number of carboxylic acid groups (broad SMARTS) is 1. The van der Waals surface area contributed by atoms with Gasteiger partial charge in [-0.15, -0.1) is 0 Å². The van der Waals surface area contributed by atoms with Crippen molar-refractivity contribution in [2.45, 2.75) is 25.4 Å². The standard InChI is InChI=1S/C17H22N4O2/c18-17(19)20-9-3-6-15(16(22)23)21-11-12-7-8-13-4-1-2-5-14(13)10-12/h1-2,4-5,7-8,10,15,21H,3,6,9,11H2,(H,22,23)(H4,18,19,20)/p+1/t15-/m0/s1. The van der Waals surface area contributed by atoms with E-state index in [0.29, 0.717) is 25.9 Å². The molecule has 0 fully saturated rings. The molecule has 0 saturated heterocycles. The van der Waals surface area contributed by atoms with Crippen LogP contribution in [0, 0.1) is 0 Å². The highest BCUT2D eigenvalue weighted by atomic mass is 16.4. The predicted octanol–water partition coefficient (Wildman–Crippen LogP) is -0.483. The number of hydrogen-bond acceptors (Lipinski definition) is 2. The first-order valence-corrected chi connectivity index (χ1v) is 7.62. The summed E-state index contributed by atoms with van der Waals surface area (Å²) in [6.07, 6.45) is 1.17. The Labute approximate surface area is 135 Å². The Hall–Kier alpha value is -2.60. The average molecular weight is 315 g/mol. The molecule has 0 radical (unpaired) electrons. The number of rotatable bonds is 8. The van der Waals surface area contributed by atoms with Gasteiger partial charge in [0.15, 0.2) is 0 Å². The number of benzene rings is 2. The van der Waals surface area contributed by atoms with E-state index in [1.54, 1.807) is 0 Å². The molecule has 2 aromatic rings. The number of guanidine groups is 1. The topological polar surface area (TPSA) is 115 Å². The minimum atomic E-state index is -0.851. The Morgan fingerprint density at radius 1 is 1.17 bits per heavy atom. The molecular weight excluding hydrogens is 292 g/mol. The fraction of sp³-hybridized carbons (Fsp3) is 0.294. The van der Waals surface area contributed by atoms with Crippen molar-refractivity contribution in [1.29, 1.82) is 0 Å². The normalized spacial score (nSPS) is 12.0. The molecule has 0 aliphatic carbocycles. The molecule has 2 rings (SSSR count). The summed E-state index contributed by atoms with van der Waals surface area (Å²) in [5, 5.41) is 14.7. The molecule has 2 aromatic carbocycles. The van der Waals surface area contributed by atoms with Crippen LogP contribution in [0.5, 0.6) is 0 Å². The van der Waals surface area contributed by atoms with Crippen LogP contribution in [0.4, 0.5) is 0 Å². The zero-order chi connectivity index (χ0) is 16.7. The Kier molecular flexibility index (Phi) is 5.94. The van der Waals surface area contributed by atoms with Crippen molar-refractivity contribution in [3.63, 3.8) is 0 Å². The van der Waals surface area contributed by atoms with Gasteiger partial charge in [-0.2, -0.15) is 0 Å². The molecule has 1 atom stereocenters. The summed E-state index contributed by atoms with van der Waals surface area (Å²) in [5.74, 6) is -0.698. The van der Waals surface area contributed by atoms with Crippen LogP contribution in [0.1, 0.15) is 18.4 Å². The van der Waals surface area contributed by atoms with Crippen LogP contribution in [-0.2, 0) is 11.3 Å². The van der Waals surface area contributed by atoms with Gasteiger partial charge < -0.3 is 10.4 Å². The molecule has 0 bridgehead atoms. The smallest absolute Gasteiger partial charge is 0.338 e. The van der Waals surface area contributed by atoms with Gasteiger partial charge in [-0.05, 0) is 35.2 Å². The van der Waals surface area contributed by atoms with Crippen molar-refractivity contribution in [3.8, 4) is 0 Å². The third kappa shape index (κ3) is 5.27. The molecule has 0 aliphatic rings. The number of nitrogens with two attached hydrogens (primary N) is 2. The zero-order valence-corrected chi connectivity index (χ0v) is 13.0. The molecule has 23 heavy (non-hydrogen) atoms. The summed E-state index contributed by atoms with van der Waals surface area (Å²) in [6, 6.07) is 13.6. The van der Waals surface area contributed by atoms with E-state index >= 15 is 0 Å². The predicted molar refractivity (Wildman–Crippen MR) is 90.7 cm³/mol. The molecule has 6 nitrogen and oxygen atoms in total. The molecule has 0 heterocycles. The zero-order valence-electron chi connectivity index (χ0n) is 13.0. The summed E-state index contributed by atoms with van der Waals surface area (Å²) in [6.45, 7) is 1.07. The van der Waals surface area contributed by atoms with E-state index in [2.05, 4.69) is 22.4 Å². The van der Waals surface area contributed by atoms with Crippen molar-refractivity contribution in [3.05, 3.63) is 48.0 Å². The fourth-order valence-corrected chi connectivity index (χ4v) is 2.44. The molecule has 7 N–H and O–H groups in total. The van der Waals surface area contributed by atoms with E-state index in [0.717, 1.165) is 10.9 Å². The molecule has 0 spiro atoms. The summed E-state index contributed by atoms with van der Waals surface area (Å²) in [7, 11) is 0. The maximum absolute atomic E-state index is 11.3. The van der Waals surface area contributed by atoms with Gasteiger partial charge in [0.25, 0.3) is 0 Å². The maximum Gasteiger partial charge on any atom is 0.338 e. The maximum atomic E-state index is 11.3. The first kappa shape index (κ1) is 16.8. The number of carboxylic acids is 1. The van der Waals surface area contributed by atoms with Crippen LogP contribution in [0.15, 0.2) is 42.5 Å². The van der Waals surface area contributed by atoms with E-state index < -0.39 is 12.0 Å². The lowest BCUT2D eigenvalue weighted by molar-refractivity contribution is -0.459. The van der Waals surface area contributed by atoms with Crippen molar-refractivity contribution in [2.24, 2.45) is 11.5 Å². The Morgan fingerprint density at radius 2 is 1.91 bits per heavy atom. The van der Waals surface area contributed by atoms with E-state index in [1.165, 1.54) is 5.39 Å². The monoisotopic (exact) mass is 315 g/mol. The molecular formula is C17H23N4O2+. The third-order valence-corrected chi connectivity index (χ3v) is 3.66. The number of fused-ring (bicyclic) bond motifs is 1. The number of nitrogens with one attached hydrogen (secondary N) is 2. The molecule has 6 heteroatoms. The van der Waals surface area contributed by atoms with Crippen molar-refractivity contribution < 1.29 is 14.9 Å². The van der Waals surface area contributed by atoms with Gasteiger partial charge in [-0.3, -0.25) is 21.3 Å². The largest absolute Gasteiger partial charge is 0.480 e. The summed E-state index contributed by atoms with van der Waals surface area (Å²) < 4.78 is 0. The van der Waals surface area contributed by atoms with Gasteiger partial charge in [0.05, 0.1) is 6.54 Å². The summed E-state index contributed by atoms with van der Waals surface area (Å²) >= 11 is 0. The van der Waals surface area contributed by atoms with E-state index in [1.807, 2.05) is 30.3 Å². The summed E-state index contributed by atoms with van der Waals surface area (Å²) in [4.78, 5) is 14.1. The third-order valence-electron chi connectivity index (χ3n) is 3.66. The van der Waals surface area contributed by atoms with Gasteiger partial charge in [0, 0.05) is 6.54 Å². The average Bonchev–Trinajstić information content (AvgIpc) is 2.53. The summed E-state index contributed by atoms with van der Waals surface area (Å²) in [5.41, 5.74) is 11.7. The van der Waals surface area contributed by atoms with Gasteiger partial charge in [0.1, 0.15) is 6.04 Å². The van der Waals surface area contributed by atoms with Crippen LogP contribution >= 0.6 is 0 Å². The molecule has 0 unspecified atom stereocenters. The van der Waals surface area contributed by atoms with Crippen molar-refractivity contribution in [2.75, 3.05) is 6.54 Å². The van der Waals surface area contributed by atoms with Crippen molar-refractivity contribution >= 4 is 22.7 Å². The van der Waals surface area contributed by atoms with Crippen LogP contribution < -0.4 is 21.8 Å². The lowest BCUT2D eigenvalue weighted by Gasteiger charge is -2.14. The van der Waals surface area contributed by atoms with Crippen LogP contribution in [-0.4, -0.2) is 29.6 Å². The molecule has 0 saturated carbocycles. The first-order valence-electron chi connectivity index (χ1n) is 7.62. The second-order valence-corrected chi connectivity index (χ2v) is 5.48. The molecule has 122 valence electrons. The second-order valence-electron chi connectivity index (χ2n) is 5.48. The van der Waals surface area contributed by atoms with Gasteiger partial charge in [-0.1, -0.05) is 36.4 Å². The highest BCUT2D eigenvalue weighted by Gasteiger charge is 2.16. The van der Waals surface area contributed by atoms with Gasteiger partial charge in [0.2, 0.25) is 0 Å². The van der Waals surface area contributed by atoms with E-state index in [-0.39, 0.29) is 5.96 Å². The van der Waals surface area contributed by atoms with Crippen LogP contribution in [0.3, 0.4) is 0 Å². The number of aliphatic carboxylic acids is 1. The SMILES string of the molecule is NC(N)=[NH+]CCC[C@H](NCc1ccc2ccccc2c1)C(=O)O. The minimum absolute atomic E-state index is 0.154. The molecule has 0 aliphatic heterocycles. The van der Waals surface area contributed by atoms with Gasteiger partial charge >= 0.3 is 11.9 Å². The number of carbonyl (C=O) groups is 1. The first-order chi connectivity index (χ1) is 11.1. The molecule has 0 amide bonds. The van der Waals surface area contributed by atoms with Crippen LogP contribution in [0.25, 0.3) is 10.8 Å². The van der Waals surface area contributed by atoms with Crippen LogP contribution in [0.2, 0.25) is 0 Å². The molecule has 0 aromatic heterocycles. The van der Waals surface area contributed by atoms with E-state index in [4.69, 9.17) is 11.5 Å². The lowest BCUT2D eigenvalue weighted by atomic mass is 10.1. The van der Waals surface area contributed by atoms with E-state index in [9.17, 15) is 9.90 Å². The Bertz CT molecular complexity index is 696. The second kappa shape index (κ2) is 8.14. The minimum Gasteiger partial charge on any atom is -0.480 e. The number of hydrogen-bond donors (Lipinski definition) is 5. The lowest BCUT2D eigenvalue weighted by Crippen LogP contribution is -2.78.